The molecule has 1 atom stereocenters. The second-order valence-electron chi connectivity index (χ2n) is 5.16. The van der Waals surface area contributed by atoms with Crippen LogP contribution in [0.4, 0.5) is 0 Å². The highest BCUT2D eigenvalue weighted by atomic mass is 16.4. The maximum Gasteiger partial charge on any atom is 0.303 e. The molecule has 1 amide bonds. The first-order chi connectivity index (χ1) is 9.31. The molecule has 0 aromatic heterocycles. The molecule has 1 aromatic carbocycles. The fraction of sp³-hybridized carbons (Fsp3) is 0.467. The molecule has 5 nitrogen and oxygen atoms in total. The lowest BCUT2D eigenvalue weighted by atomic mass is 10.0. The summed E-state index contributed by atoms with van der Waals surface area (Å²) >= 11 is 0. The fourth-order valence-electron chi connectivity index (χ4n) is 2.04. The van der Waals surface area contributed by atoms with Gasteiger partial charge in [-0.3, -0.25) is 9.59 Å². The van der Waals surface area contributed by atoms with Crippen molar-refractivity contribution in [3.8, 4) is 0 Å². The van der Waals surface area contributed by atoms with E-state index in [0.717, 1.165) is 11.1 Å². The van der Waals surface area contributed by atoms with E-state index in [4.69, 9.17) is 10.8 Å². The lowest BCUT2D eigenvalue weighted by molar-refractivity contribution is -0.137. The number of hydrogen-bond donors (Lipinski definition) is 2. The zero-order chi connectivity index (χ0) is 15.3. The third kappa shape index (κ3) is 4.66. The average Bonchev–Trinajstić information content (AvgIpc) is 2.38. The molecule has 0 radical (unpaired) electrons. The molecule has 0 fully saturated rings. The van der Waals surface area contributed by atoms with Crippen LogP contribution in [0.1, 0.15) is 29.5 Å². The molecule has 0 aliphatic carbocycles. The van der Waals surface area contributed by atoms with Gasteiger partial charge in [0.2, 0.25) is 5.91 Å². The average molecular weight is 278 g/mol. The van der Waals surface area contributed by atoms with Gasteiger partial charge in [0.1, 0.15) is 0 Å². The number of likely N-dealkylation sites (N-methyl/N-ethyl adjacent to an activating group) is 1. The van der Waals surface area contributed by atoms with Crippen molar-refractivity contribution in [1.29, 1.82) is 0 Å². The van der Waals surface area contributed by atoms with Gasteiger partial charge in [-0.15, -0.1) is 0 Å². The number of rotatable bonds is 6. The summed E-state index contributed by atoms with van der Waals surface area (Å²) in [5.41, 5.74) is 9.10. The molecule has 0 spiro atoms. The molecule has 110 valence electrons. The highest BCUT2D eigenvalue weighted by Gasteiger charge is 2.19. The van der Waals surface area contributed by atoms with Crippen LogP contribution in [-0.4, -0.2) is 35.0 Å². The van der Waals surface area contributed by atoms with Gasteiger partial charge in [0.15, 0.2) is 0 Å². The first kappa shape index (κ1) is 16.2. The Balaban J connectivity index is 2.63. The molecule has 5 heteroatoms. The summed E-state index contributed by atoms with van der Waals surface area (Å²) in [6.45, 7) is 4.50. The van der Waals surface area contributed by atoms with Crippen LogP contribution in [-0.2, 0) is 16.1 Å². The number of aryl methyl sites for hydroxylation is 2. The largest absolute Gasteiger partial charge is 0.481 e. The van der Waals surface area contributed by atoms with Gasteiger partial charge in [0.05, 0.1) is 6.04 Å². The van der Waals surface area contributed by atoms with Gasteiger partial charge in [-0.2, -0.15) is 0 Å². The number of carboxylic acids is 1. The third-order valence-electron chi connectivity index (χ3n) is 3.27. The molecule has 3 N–H and O–H groups in total. The van der Waals surface area contributed by atoms with Gasteiger partial charge in [-0.1, -0.05) is 23.8 Å². The van der Waals surface area contributed by atoms with Crippen LogP contribution < -0.4 is 5.73 Å². The normalized spacial score (nSPS) is 12.0. The van der Waals surface area contributed by atoms with E-state index in [-0.39, 0.29) is 18.7 Å². The quantitative estimate of drug-likeness (QED) is 0.825. The van der Waals surface area contributed by atoms with Crippen molar-refractivity contribution in [2.75, 3.05) is 7.05 Å². The first-order valence-corrected chi connectivity index (χ1v) is 6.59. The number of hydrogen-bond acceptors (Lipinski definition) is 3. The number of nitrogens with zero attached hydrogens (tertiary/aromatic N) is 1. The third-order valence-corrected chi connectivity index (χ3v) is 3.27. The predicted octanol–water partition coefficient (Wildman–Crippen LogP) is 1.45. The summed E-state index contributed by atoms with van der Waals surface area (Å²) in [5, 5.41) is 8.60. The number of carbonyl (C=O) groups is 2. The van der Waals surface area contributed by atoms with E-state index in [0.29, 0.717) is 6.54 Å². The van der Waals surface area contributed by atoms with Gasteiger partial charge >= 0.3 is 5.97 Å². The van der Waals surface area contributed by atoms with Crippen molar-refractivity contribution >= 4 is 11.9 Å². The Morgan fingerprint density at radius 1 is 1.35 bits per heavy atom. The van der Waals surface area contributed by atoms with Gasteiger partial charge < -0.3 is 15.7 Å². The van der Waals surface area contributed by atoms with Gasteiger partial charge in [0.25, 0.3) is 0 Å². The minimum atomic E-state index is -0.940. The van der Waals surface area contributed by atoms with E-state index in [9.17, 15) is 9.59 Å². The molecule has 0 aliphatic heterocycles. The number of benzene rings is 1. The Hall–Kier alpha value is -1.88. The van der Waals surface area contributed by atoms with Gasteiger partial charge in [-0.25, -0.2) is 0 Å². The van der Waals surface area contributed by atoms with Crippen molar-refractivity contribution in [2.24, 2.45) is 5.73 Å². The molecule has 0 bridgehead atoms. The van der Waals surface area contributed by atoms with Crippen molar-refractivity contribution in [3.63, 3.8) is 0 Å². The van der Waals surface area contributed by atoms with Crippen LogP contribution in [0.5, 0.6) is 0 Å². The van der Waals surface area contributed by atoms with E-state index in [1.54, 1.807) is 11.9 Å². The molecule has 0 saturated heterocycles. The van der Waals surface area contributed by atoms with Crippen LogP contribution in [0.15, 0.2) is 18.2 Å². The fourth-order valence-corrected chi connectivity index (χ4v) is 2.04. The lowest BCUT2D eigenvalue weighted by Gasteiger charge is -2.22. The van der Waals surface area contributed by atoms with E-state index in [1.165, 1.54) is 5.56 Å². The molecule has 20 heavy (non-hydrogen) atoms. The van der Waals surface area contributed by atoms with Crippen molar-refractivity contribution < 1.29 is 14.7 Å². The van der Waals surface area contributed by atoms with Crippen molar-refractivity contribution in [1.82, 2.24) is 4.90 Å². The summed E-state index contributed by atoms with van der Waals surface area (Å²) in [6, 6.07) is 5.31. The molecular formula is C15H22N2O3. The smallest absolute Gasteiger partial charge is 0.303 e. The standard InChI is InChI=1S/C15H22N2O3/c1-10-4-5-12(11(2)8-10)9-17(3)15(20)13(16)6-7-14(18)19/h4-5,8,13H,6-7,9,16H2,1-3H3,(H,18,19). The highest BCUT2D eigenvalue weighted by molar-refractivity contribution is 5.82. The Kier molecular flexibility index (Phi) is 5.70. The van der Waals surface area contributed by atoms with Crippen LogP contribution in [0.25, 0.3) is 0 Å². The molecular weight excluding hydrogens is 256 g/mol. The second-order valence-corrected chi connectivity index (χ2v) is 5.16. The van der Waals surface area contributed by atoms with Crippen LogP contribution >= 0.6 is 0 Å². The topological polar surface area (TPSA) is 83.6 Å². The number of aliphatic carboxylic acids is 1. The molecule has 1 aromatic rings. The number of carbonyl (C=O) groups excluding carboxylic acids is 1. The summed E-state index contributed by atoms with van der Waals surface area (Å²) in [6.07, 6.45) is 0.0652. The van der Waals surface area contributed by atoms with Gasteiger partial charge in [-0.05, 0) is 31.4 Å². The van der Waals surface area contributed by atoms with Crippen LogP contribution in [0, 0.1) is 13.8 Å². The number of carboxylic acid groups (broad SMARTS) is 1. The Labute approximate surface area is 119 Å². The maximum atomic E-state index is 12.0. The highest BCUT2D eigenvalue weighted by Crippen LogP contribution is 2.13. The second kappa shape index (κ2) is 7.05. The first-order valence-electron chi connectivity index (χ1n) is 6.59. The van der Waals surface area contributed by atoms with Gasteiger partial charge in [0, 0.05) is 20.0 Å². The summed E-state index contributed by atoms with van der Waals surface area (Å²) in [4.78, 5) is 24.1. The summed E-state index contributed by atoms with van der Waals surface area (Å²) in [5.74, 6) is -1.17. The van der Waals surface area contributed by atoms with E-state index < -0.39 is 12.0 Å². The SMILES string of the molecule is Cc1ccc(CN(C)C(=O)C(N)CCC(=O)O)c(C)c1. The Bertz CT molecular complexity index is 500. The molecule has 0 saturated carbocycles. The Morgan fingerprint density at radius 3 is 2.55 bits per heavy atom. The summed E-state index contributed by atoms with van der Waals surface area (Å²) in [7, 11) is 1.68. The zero-order valence-corrected chi connectivity index (χ0v) is 12.2. The van der Waals surface area contributed by atoms with Crippen molar-refractivity contribution in [3.05, 3.63) is 34.9 Å². The van der Waals surface area contributed by atoms with E-state index in [1.807, 2.05) is 26.0 Å². The Morgan fingerprint density at radius 2 is 2.00 bits per heavy atom. The number of amides is 1. The molecule has 1 unspecified atom stereocenters. The minimum absolute atomic E-state index is 0.0930. The van der Waals surface area contributed by atoms with Crippen molar-refractivity contribution in [2.45, 2.75) is 39.3 Å². The van der Waals surface area contributed by atoms with Crippen LogP contribution in [0.3, 0.4) is 0 Å². The number of nitrogens with two attached hydrogens (primary N) is 1. The minimum Gasteiger partial charge on any atom is -0.481 e. The van der Waals surface area contributed by atoms with E-state index >= 15 is 0 Å². The van der Waals surface area contributed by atoms with E-state index in [2.05, 4.69) is 6.07 Å². The predicted molar refractivity (Wildman–Crippen MR) is 77.2 cm³/mol. The summed E-state index contributed by atoms with van der Waals surface area (Å²) < 4.78 is 0. The molecule has 0 heterocycles. The monoisotopic (exact) mass is 278 g/mol. The maximum absolute atomic E-state index is 12.0. The zero-order valence-electron chi connectivity index (χ0n) is 12.2. The van der Waals surface area contributed by atoms with Crippen LogP contribution in [0.2, 0.25) is 0 Å². The lowest BCUT2D eigenvalue weighted by Crippen LogP contribution is -2.41. The molecule has 0 aliphatic rings. The molecule has 1 rings (SSSR count).